The molecular weight excluding hydrogens is 264 g/mol. The summed E-state index contributed by atoms with van der Waals surface area (Å²) >= 11 is 0. The van der Waals surface area contributed by atoms with Crippen LogP contribution in [0.5, 0.6) is 0 Å². The number of aliphatic hydroxyl groups excluding tert-OH is 2. The summed E-state index contributed by atoms with van der Waals surface area (Å²) in [7, 11) is 0. The molecule has 21 heavy (non-hydrogen) atoms. The van der Waals surface area contributed by atoms with E-state index >= 15 is 0 Å². The minimum atomic E-state index is -0.691. The maximum Gasteiger partial charge on any atom is 0.0635 e. The molecular formula is C17H24N2O2. The zero-order valence-corrected chi connectivity index (χ0v) is 13.0. The average Bonchev–Trinajstić information content (AvgIpc) is 2.94. The first kappa shape index (κ1) is 15.7. The number of rotatable bonds is 6. The molecule has 4 nitrogen and oxygen atoms in total. The van der Waals surface area contributed by atoms with Crippen LogP contribution in [-0.4, -0.2) is 33.2 Å². The number of benzene rings is 1. The molecule has 0 aliphatic carbocycles. The van der Waals surface area contributed by atoms with Crippen LogP contribution in [0, 0.1) is 6.92 Å². The van der Waals surface area contributed by atoms with Gasteiger partial charge in [-0.05, 0) is 32.4 Å². The van der Waals surface area contributed by atoms with Gasteiger partial charge < -0.3 is 10.2 Å². The highest BCUT2D eigenvalue weighted by Crippen LogP contribution is 2.28. The number of aliphatic hydroxyl groups is 2. The normalized spacial score (nSPS) is 12.1. The average molecular weight is 288 g/mol. The van der Waals surface area contributed by atoms with Gasteiger partial charge in [-0.15, -0.1) is 0 Å². The fraction of sp³-hybridized carbons (Fsp3) is 0.471. The monoisotopic (exact) mass is 288 g/mol. The van der Waals surface area contributed by atoms with E-state index in [-0.39, 0.29) is 13.2 Å². The first-order valence-electron chi connectivity index (χ1n) is 7.33. The minimum absolute atomic E-state index is 0.110. The minimum Gasteiger partial charge on any atom is -0.395 e. The highest BCUT2D eigenvalue weighted by atomic mass is 16.3. The lowest BCUT2D eigenvalue weighted by atomic mass is 9.78. The molecule has 0 spiro atoms. The van der Waals surface area contributed by atoms with Crippen molar-refractivity contribution in [3.8, 4) is 0 Å². The van der Waals surface area contributed by atoms with Crippen LogP contribution >= 0.6 is 0 Å². The number of aromatic nitrogens is 2. The predicted octanol–water partition coefficient (Wildman–Crippen LogP) is 2.24. The van der Waals surface area contributed by atoms with E-state index in [2.05, 4.69) is 18.9 Å². The summed E-state index contributed by atoms with van der Waals surface area (Å²) in [5.41, 5.74) is 2.29. The number of aryl methyl sites for hydroxylation is 1. The van der Waals surface area contributed by atoms with Crippen LogP contribution in [0.4, 0.5) is 0 Å². The first-order valence-corrected chi connectivity index (χ1v) is 7.33. The van der Waals surface area contributed by atoms with Crippen LogP contribution in [0.2, 0.25) is 0 Å². The third kappa shape index (κ3) is 3.34. The van der Waals surface area contributed by atoms with Gasteiger partial charge in [-0.1, -0.05) is 29.8 Å². The SMILES string of the molecule is Cc1ccc(C(CO)(CO)Cc2ccn(C(C)C)n2)cc1. The van der Waals surface area contributed by atoms with E-state index in [9.17, 15) is 10.2 Å². The van der Waals surface area contributed by atoms with Gasteiger partial charge in [0.25, 0.3) is 0 Å². The molecule has 0 aliphatic rings. The topological polar surface area (TPSA) is 58.3 Å². The highest BCUT2D eigenvalue weighted by Gasteiger charge is 2.32. The van der Waals surface area contributed by atoms with Crippen LogP contribution < -0.4 is 0 Å². The lowest BCUT2D eigenvalue weighted by molar-refractivity contribution is 0.115. The molecule has 0 bridgehead atoms. The van der Waals surface area contributed by atoms with E-state index in [1.807, 2.05) is 48.1 Å². The van der Waals surface area contributed by atoms with Crippen molar-refractivity contribution >= 4 is 0 Å². The van der Waals surface area contributed by atoms with E-state index in [0.717, 1.165) is 16.8 Å². The van der Waals surface area contributed by atoms with Gasteiger partial charge in [-0.3, -0.25) is 4.68 Å². The summed E-state index contributed by atoms with van der Waals surface area (Å²) in [4.78, 5) is 0. The molecule has 1 heterocycles. The third-order valence-corrected chi connectivity index (χ3v) is 3.98. The maximum absolute atomic E-state index is 9.88. The summed E-state index contributed by atoms with van der Waals surface area (Å²) < 4.78 is 1.89. The maximum atomic E-state index is 9.88. The number of hydrogen-bond acceptors (Lipinski definition) is 3. The van der Waals surface area contributed by atoms with Gasteiger partial charge >= 0.3 is 0 Å². The number of hydrogen-bond donors (Lipinski definition) is 2. The molecule has 2 N–H and O–H groups in total. The van der Waals surface area contributed by atoms with Gasteiger partial charge in [0.15, 0.2) is 0 Å². The fourth-order valence-electron chi connectivity index (χ4n) is 2.46. The molecule has 0 unspecified atom stereocenters. The van der Waals surface area contributed by atoms with Crippen LogP contribution in [0.25, 0.3) is 0 Å². The van der Waals surface area contributed by atoms with Gasteiger partial charge in [0.1, 0.15) is 0 Å². The molecule has 0 atom stereocenters. The van der Waals surface area contributed by atoms with Crippen molar-refractivity contribution in [3.63, 3.8) is 0 Å². The Bertz CT molecular complexity index is 569. The molecule has 1 aromatic carbocycles. The molecule has 0 saturated carbocycles. The van der Waals surface area contributed by atoms with Crippen LogP contribution in [0.15, 0.2) is 36.5 Å². The van der Waals surface area contributed by atoms with Crippen LogP contribution in [0.1, 0.15) is 36.7 Å². The summed E-state index contributed by atoms with van der Waals surface area (Å²) in [6, 6.07) is 10.2. The first-order chi connectivity index (χ1) is 10.0. The predicted molar refractivity (Wildman–Crippen MR) is 83.3 cm³/mol. The molecule has 2 aromatic rings. The van der Waals surface area contributed by atoms with Crippen molar-refractivity contribution in [3.05, 3.63) is 53.3 Å². The van der Waals surface area contributed by atoms with Crippen molar-refractivity contribution in [1.82, 2.24) is 9.78 Å². The van der Waals surface area contributed by atoms with Gasteiger partial charge in [0.05, 0.1) is 18.9 Å². The Morgan fingerprint density at radius 3 is 2.19 bits per heavy atom. The second kappa shape index (κ2) is 6.41. The second-order valence-electron chi connectivity index (χ2n) is 6.02. The Balaban J connectivity index is 2.30. The summed E-state index contributed by atoms with van der Waals surface area (Å²) in [6.07, 6.45) is 2.46. The van der Waals surface area contributed by atoms with Crippen molar-refractivity contribution in [1.29, 1.82) is 0 Å². The van der Waals surface area contributed by atoms with E-state index in [1.54, 1.807) is 0 Å². The molecule has 4 heteroatoms. The van der Waals surface area contributed by atoms with Crippen LogP contribution in [0.3, 0.4) is 0 Å². The van der Waals surface area contributed by atoms with Crippen molar-refractivity contribution in [2.24, 2.45) is 0 Å². The molecule has 0 amide bonds. The molecule has 0 saturated heterocycles. The standard InChI is InChI=1S/C17H24N2O2/c1-13(2)19-9-8-16(18-19)10-17(11-20,12-21)15-6-4-14(3)5-7-15/h4-9,13,20-21H,10-12H2,1-3H3. The quantitative estimate of drug-likeness (QED) is 0.857. The number of nitrogens with zero attached hydrogens (tertiary/aromatic N) is 2. The van der Waals surface area contributed by atoms with E-state index in [4.69, 9.17) is 0 Å². The molecule has 0 aliphatic heterocycles. The van der Waals surface area contributed by atoms with E-state index in [0.29, 0.717) is 12.5 Å². The fourth-order valence-corrected chi connectivity index (χ4v) is 2.46. The van der Waals surface area contributed by atoms with Crippen molar-refractivity contribution in [2.45, 2.75) is 38.6 Å². The highest BCUT2D eigenvalue weighted by molar-refractivity contribution is 5.31. The zero-order chi connectivity index (χ0) is 15.5. The van der Waals surface area contributed by atoms with Crippen LogP contribution in [-0.2, 0) is 11.8 Å². The van der Waals surface area contributed by atoms with Gasteiger partial charge in [0, 0.05) is 24.1 Å². The van der Waals surface area contributed by atoms with E-state index in [1.165, 1.54) is 0 Å². The third-order valence-electron chi connectivity index (χ3n) is 3.98. The lowest BCUT2D eigenvalue weighted by Crippen LogP contribution is -2.37. The van der Waals surface area contributed by atoms with E-state index < -0.39 is 5.41 Å². The molecule has 2 rings (SSSR count). The largest absolute Gasteiger partial charge is 0.395 e. The summed E-state index contributed by atoms with van der Waals surface area (Å²) in [6.45, 7) is 5.94. The molecule has 0 radical (unpaired) electrons. The molecule has 1 aromatic heterocycles. The Hall–Kier alpha value is -1.65. The van der Waals surface area contributed by atoms with Crippen molar-refractivity contribution < 1.29 is 10.2 Å². The Kier molecular flexibility index (Phi) is 4.80. The Morgan fingerprint density at radius 2 is 1.71 bits per heavy atom. The zero-order valence-electron chi connectivity index (χ0n) is 13.0. The Labute approximate surface area is 126 Å². The smallest absolute Gasteiger partial charge is 0.0635 e. The molecule has 0 fully saturated rings. The van der Waals surface area contributed by atoms with Crippen molar-refractivity contribution in [2.75, 3.05) is 13.2 Å². The second-order valence-corrected chi connectivity index (χ2v) is 6.02. The van der Waals surface area contributed by atoms with Gasteiger partial charge in [-0.2, -0.15) is 5.10 Å². The van der Waals surface area contributed by atoms with Gasteiger partial charge in [-0.25, -0.2) is 0 Å². The summed E-state index contributed by atoms with van der Waals surface area (Å²) in [5.74, 6) is 0. The lowest BCUT2D eigenvalue weighted by Gasteiger charge is -2.30. The molecule has 114 valence electrons. The summed E-state index contributed by atoms with van der Waals surface area (Å²) in [5, 5.41) is 24.3. The Morgan fingerprint density at radius 1 is 1.10 bits per heavy atom. The van der Waals surface area contributed by atoms with Gasteiger partial charge in [0.2, 0.25) is 0 Å².